The van der Waals surface area contributed by atoms with Crippen LogP contribution in [0.25, 0.3) is 6.08 Å². The van der Waals surface area contributed by atoms with Gasteiger partial charge in [-0.1, -0.05) is 35.9 Å². The summed E-state index contributed by atoms with van der Waals surface area (Å²) in [6.07, 6.45) is 4.49. The molecular formula is C20H21ClN2O4S. The summed E-state index contributed by atoms with van der Waals surface area (Å²) in [4.78, 5) is 11.8. The van der Waals surface area contributed by atoms with Gasteiger partial charge in [-0.05, 0) is 48.4 Å². The molecule has 6 nitrogen and oxygen atoms in total. The van der Waals surface area contributed by atoms with E-state index in [9.17, 15) is 13.2 Å². The topological polar surface area (TPSA) is 84.5 Å². The summed E-state index contributed by atoms with van der Waals surface area (Å²) in [7, 11) is -2.25. The van der Waals surface area contributed by atoms with Crippen molar-refractivity contribution in [2.75, 3.05) is 13.7 Å². The largest absolute Gasteiger partial charge is 0.465 e. The maximum absolute atomic E-state index is 12.5. The summed E-state index contributed by atoms with van der Waals surface area (Å²) >= 11 is 5.81. The van der Waals surface area contributed by atoms with Gasteiger partial charge in [-0.15, -0.1) is 0 Å². The number of ether oxygens (including phenoxy) is 1. The fraction of sp³-hybridized carbons (Fsp3) is 0.250. The molecule has 148 valence electrons. The van der Waals surface area contributed by atoms with E-state index >= 15 is 0 Å². The summed E-state index contributed by atoms with van der Waals surface area (Å²) in [6, 6.07) is 13.0. The average Bonchev–Trinajstić information content (AvgIpc) is 3.13. The number of halogens is 1. The Morgan fingerprint density at radius 2 is 2.00 bits per heavy atom. The smallest absolute Gasteiger partial charge is 0.337 e. The molecule has 2 aromatic carbocycles. The molecule has 0 unspecified atom stereocenters. The van der Waals surface area contributed by atoms with Crippen molar-refractivity contribution in [3.05, 3.63) is 70.8 Å². The molecule has 0 amide bonds. The lowest BCUT2D eigenvalue weighted by molar-refractivity contribution is 0.0600. The van der Waals surface area contributed by atoms with Gasteiger partial charge in [-0.2, -0.15) is 0 Å². The number of methoxy groups -OCH3 is 1. The molecule has 1 fully saturated rings. The Balaban J connectivity index is 1.60. The van der Waals surface area contributed by atoms with Crippen molar-refractivity contribution in [1.29, 1.82) is 0 Å². The zero-order valence-corrected chi connectivity index (χ0v) is 16.8. The van der Waals surface area contributed by atoms with Gasteiger partial charge in [-0.3, -0.25) is 0 Å². The maximum Gasteiger partial charge on any atom is 0.337 e. The molecule has 0 aromatic heterocycles. The van der Waals surface area contributed by atoms with E-state index in [-0.39, 0.29) is 22.9 Å². The molecule has 3 rings (SSSR count). The first-order valence-corrected chi connectivity index (χ1v) is 10.6. The molecule has 0 radical (unpaired) electrons. The minimum Gasteiger partial charge on any atom is -0.465 e. The summed E-state index contributed by atoms with van der Waals surface area (Å²) < 4.78 is 32.4. The Labute approximate surface area is 169 Å². The monoisotopic (exact) mass is 420 g/mol. The molecule has 28 heavy (non-hydrogen) atoms. The van der Waals surface area contributed by atoms with Crippen molar-refractivity contribution in [1.82, 2.24) is 10.0 Å². The highest BCUT2D eigenvalue weighted by molar-refractivity contribution is 7.89. The van der Waals surface area contributed by atoms with E-state index in [1.807, 2.05) is 18.2 Å². The predicted molar refractivity (Wildman–Crippen MR) is 109 cm³/mol. The number of rotatable bonds is 6. The number of nitrogens with one attached hydrogen (secondary N) is 2. The molecule has 8 heteroatoms. The quantitative estimate of drug-likeness (QED) is 0.702. The third-order valence-electron chi connectivity index (χ3n) is 4.44. The number of hydrogen-bond acceptors (Lipinski definition) is 5. The maximum atomic E-state index is 12.5. The van der Waals surface area contributed by atoms with Crippen LogP contribution in [0.2, 0.25) is 5.02 Å². The third-order valence-corrected chi connectivity index (χ3v) is 6.23. The second kappa shape index (κ2) is 8.87. The highest BCUT2D eigenvalue weighted by Gasteiger charge is 2.27. The summed E-state index contributed by atoms with van der Waals surface area (Å²) in [5.41, 5.74) is 1.35. The number of hydrogen-bond donors (Lipinski definition) is 2. The number of sulfonamides is 1. The van der Waals surface area contributed by atoms with Crippen LogP contribution in [-0.4, -0.2) is 40.1 Å². The van der Waals surface area contributed by atoms with Crippen molar-refractivity contribution in [3.63, 3.8) is 0 Å². The van der Waals surface area contributed by atoms with E-state index in [0.717, 1.165) is 5.56 Å². The van der Waals surface area contributed by atoms with Crippen LogP contribution >= 0.6 is 11.6 Å². The van der Waals surface area contributed by atoms with Gasteiger partial charge < -0.3 is 10.1 Å². The number of carbonyl (C=O) groups excluding carboxylic acids is 1. The molecule has 1 aliphatic rings. The van der Waals surface area contributed by atoms with E-state index in [1.165, 1.54) is 19.2 Å². The summed E-state index contributed by atoms with van der Waals surface area (Å²) in [6.45, 7) is 0.532. The summed E-state index contributed by atoms with van der Waals surface area (Å²) in [5, 5.41) is 3.77. The van der Waals surface area contributed by atoms with Crippen LogP contribution in [0.3, 0.4) is 0 Å². The van der Waals surface area contributed by atoms with E-state index in [1.54, 1.807) is 30.3 Å². The zero-order chi connectivity index (χ0) is 20.1. The van der Waals surface area contributed by atoms with Crippen LogP contribution < -0.4 is 10.0 Å². The molecule has 1 saturated heterocycles. The fourth-order valence-corrected chi connectivity index (χ4v) is 4.39. The fourth-order valence-electron chi connectivity index (χ4n) is 3.02. The molecule has 1 aliphatic heterocycles. The van der Waals surface area contributed by atoms with Crippen LogP contribution in [0.15, 0.2) is 59.5 Å². The molecule has 2 atom stereocenters. The number of esters is 1. The Morgan fingerprint density at radius 3 is 2.71 bits per heavy atom. The molecule has 0 spiro atoms. The zero-order valence-electron chi connectivity index (χ0n) is 15.3. The van der Waals surface area contributed by atoms with E-state index in [4.69, 9.17) is 16.3 Å². The molecule has 0 aliphatic carbocycles. The molecule has 1 heterocycles. The minimum atomic E-state index is -3.59. The van der Waals surface area contributed by atoms with Crippen molar-refractivity contribution in [3.8, 4) is 0 Å². The van der Waals surface area contributed by atoms with Crippen LogP contribution in [-0.2, 0) is 14.8 Å². The second-order valence-electron chi connectivity index (χ2n) is 6.50. The van der Waals surface area contributed by atoms with Crippen LogP contribution in [0.1, 0.15) is 22.3 Å². The lowest BCUT2D eigenvalue weighted by atomic mass is 10.1. The number of benzene rings is 2. The van der Waals surface area contributed by atoms with Gasteiger partial charge in [0.15, 0.2) is 0 Å². The highest BCUT2D eigenvalue weighted by atomic mass is 35.5. The lowest BCUT2D eigenvalue weighted by Gasteiger charge is -2.12. The van der Waals surface area contributed by atoms with Gasteiger partial charge in [0.1, 0.15) is 0 Å². The van der Waals surface area contributed by atoms with Crippen molar-refractivity contribution in [2.24, 2.45) is 0 Å². The van der Waals surface area contributed by atoms with Crippen LogP contribution in [0, 0.1) is 0 Å². The SMILES string of the molecule is COC(=O)c1cccc(C=C[C@@H]2C[C@@H](NS(=O)(=O)c3ccc(Cl)cc3)CN2)c1. The van der Waals surface area contributed by atoms with Gasteiger partial charge in [-0.25, -0.2) is 17.9 Å². The van der Waals surface area contributed by atoms with Gasteiger partial charge in [0.05, 0.1) is 17.6 Å². The average molecular weight is 421 g/mol. The van der Waals surface area contributed by atoms with Gasteiger partial charge in [0.2, 0.25) is 10.0 Å². The molecular weight excluding hydrogens is 400 g/mol. The van der Waals surface area contributed by atoms with Gasteiger partial charge >= 0.3 is 5.97 Å². The van der Waals surface area contributed by atoms with Crippen molar-refractivity contribution in [2.45, 2.75) is 23.4 Å². The molecule has 2 aromatic rings. The Morgan fingerprint density at radius 1 is 1.25 bits per heavy atom. The number of carbonyl (C=O) groups is 1. The van der Waals surface area contributed by atoms with Gasteiger partial charge in [0.25, 0.3) is 0 Å². The van der Waals surface area contributed by atoms with E-state index in [0.29, 0.717) is 23.6 Å². The Bertz CT molecular complexity index is 974. The van der Waals surface area contributed by atoms with Crippen molar-refractivity contribution >= 4 is 33.7 Å². The highest BCUT2D eigenvalue weighted by Crippen LogP contribution is 2.17. The molecule has 0 bridgehead atoms. The van der Waals surface area contributed by atoms with Gasteiger partial charge in [0, 0.05) is 23.7 Å². The lowest BCUT2D eigenvalue weighted by Crippen LogP contribution is -2.36. The van der Waals surface area contributed by atoms with Crippen LogP contribution in [0.5, 0.6) is 0 Å². The first-order chi connectivity index (χ1) is 13.4. The minimum absolute atomic E-state index is 0.0275. The molecule has 2 N–H and O–H groups in total. The standard InChI is InChI=1S/C20H21ClN2O4S/c1-27-20(24)15-4-2-3-14(11-15)5-8-17-12-18(13-22-17)23-28(25,26)19-9-6-16(21)7-10-19/h2-11,17-18,22-23H,12-13H2,1H3/t17-,18-/m1/s1. The first-order valence-electron chi connectivity index (χ1n) is 8.75. The Hall–Kier alpha value is -2.19. The third kappa shape index (κ3) is 5.20. The van der Waals surface area contributed by atoms with E-state index in [2.05, 4.69) is 10.0 Å². The normalized spacial score (nSPS) is 19.8. The second-order valence-corrected chi connectivity index (χ2v) is 8.65. The predicted octanol–water partition coefficient (Wildman–Crippen LogP) is 2.85. The van der Waals surface area contributed by atoms with Crippen LogP contribution in [0.4, 0.5) is 0 Å². The summed E-state index contributed by atoms with van der Waals surface area (Å²) in [5.74, 6) is -0.383. The molecule has 0 saturated carbocycles. The first kappa shape index (κ1) is 20.5. The van der Waals surface area contributed by atoms with Crippen molar-refractivity contribution < 1.29 is 17.9 Å². The Kier molecular flexibility index (Phi) is 6.51. The van der Waals surface area contributed by atoms with E-state index < -0.39 is 10.0 Å².